The Bertz CT molecular complexity index is 457. The van der Waals surface area contributed by atoms with E-state index >= 15 is 0 Å². The molecule has 1 aromatic carbocycles. The fourth-order valence-corrected chi connectivity index (χ4v) is 1.73. The van der Waals surface area contributed by atoms with E-state index in [4.69, 9.17) is 0 Å². The Balaban J connectivity index is 2.07. The molecule has 0 spiro atoms. The molecule has 0 bridgehead atoms. The second-order valence-electron chi connectivity index (χ2n) is 4.29. The zero-order chi connectivity index (χ0) is 12.1. The van der Waals surface area contributed by atoms with Crippen LogP contribution in [-0.2, 0) is 6.54 Å². The van der Waals surface area contributed by atoms with Crippen molar-refractivity contribution in [3.8, 4) is 0 Å². The maximum absolute atomic E-state index is 4.32. The predicted molar refractivity (Wildman–Crippen MR) is 71.3 cm³/mol. The lowest BCUT2D eigenvalue weighted by Crippen LogP contribution is -2.08. The summed E-state index contributed by atoms with van der Waals surface area (Å²) in [6, 6.07) is 8.62. The quantitative estimate of drug-likeness (QED) is 0.854. The number of benzene rings is 1. The van der Waals surface area contributed by atoms with Gasteiger partial charge in [-0.15, -0.1) is 0 Å². The van der Waals surface area contributed by atoms with Crippen LogP contribution in [0.5, 0.6) is 0 Å². The van der Waals surface area contributed by atoms with Gasteiger partial charge in [-0.3, -0.25) is 0 Å². The number of hydrogen-bond donors (Lipinski definition) is 1. The first-order valence-electron chi connectivity index (χ1n) is 6.10. The van der Waals surface area contributed by atoms with Crippen LogP contribution in [0.3, 0.4) is 0 Å². The van der Waals surface area contributed by atoms with E-state index in [2.05, 4.69) is 53.0 Å². The summed E-state index contributed by atoms with van der Waals surface area (Å²) in [5.41, 5.74) is 2.59. The van der Waals surface area contributed by atoms with E-state index in [0.29, 0.717) is 0 Å². The Morgan fingerprint density at radius 2 is 2.00 bits per heavy atom. The molecule has 3 nitrogen and oxygen atoms in total. The lowest BCUT2D eigenvalue weighted by Gasteiger charge is -2.09. The molecule has 0 atom stereocenters. The third-order valence-corrected chi connectivity index (χ3v) is 2.72. The molecule has 0 fully saturated rings. The minimum absolute atomic E-state index is 0.867. The van der Waals surface area contributed by atoms with Gasteiger partial charge in [0.1, 0.15) is 0 Å². The Kier molecular flexibility index (Phi) is 3.81. The summed E-state index contributed by atoms with van der Waals surface area (Å²) in [4.78, 5) is 4.32. The van der Waals surface area contributed by atoms with Crippen LogP contribution >= 0.6 is 0 Å². The monoisotopic (exact) mass is 229 g/mol. The molecule has 2 rings (SSSR count). The fourth-order valence-electron chi connectivity index (χ4n) is 1.73. The van der Waals surface area contributed by atoms with Gasteiger partial charge in [0.15, 0.2) is 0 Å². The van der Waals surface area contributed by atoms with Crippen LogP contribution in [0.1, 0.15) is 24.5 Å². The molecule has 0 aliphatic heterocycles. The maximum atomic E-state index is 4.32. The van der Waals surface area contributed by atoms with E-state index in [9.17, 15) is 0 Å². The number of rotatable bonds is 5. The first-order chi connectivity index (χ1) is 8.29. The van der Waals surface area contributed by atoms with Crippen molar-refractivity contribution in [2.75, 3.05) is 11.9 Å². The molecule has 1 heterocycles. The SMILES string of the molecule is CCCNc1nccn1Cc1ccc(C)cc1. The number of nitrogens with zero attached hydrogens (tertiary/aromatic N) is 2. The largest absolute Gasteiger partial charge is 0.356 e. The normalized spacial score (nSPS) is 10.5. The van der Waals surface area contributed by atoms with Crippen LogP contribution in [0.25, 0.3) is 0 Å². The summed E-state index contributed by atoms with van der Waals surface area (Å²) in [5, 5.41) is 3.33. The summed E-state index contributed by atoms with van der Waals surface area (Å²) in [7, 11) is 0. The highest BCUT2D eigenvalue weighted by atomic mass is 15.2. The molecule has 0 aliphatic carbocycles. The van der Waals surface area contributed by atoms with Gasteiger partial charge < -0.3 is 9.88 Å². The number of nitrogens with one attached hydrogen (secondary N) is 1. The van der Waals surface area contributed by atoms with Crippen LogP contribution in [0.2, 0.25) is 0 Å². The molecule has 17 heavy (non-hydrogen) atoms. The Hall–Kier alpha value is -1.77. The summed E-state index contributed by atoms with van der Waals surface area (Å²) < 4.78 is 2.14. The fraction of sp³-hybridized carbons (Fsp3) is 0.357. The highest BCUT2D eigenvalue weighted by Crippen LogP contribution is 2.10. The molecule has 90 valence electrons. The molecular weight excluding hydrogens is 210 g/mol. The minimum atomic E-state index is 0.867. The summed E-state index contributed by atoms with van der Waals surface area (Å²) in [6.07, 6.45) is 4.96. The zero-order valence-corrected chi connectivity index (χ0v) is 10.5. The van der Waals surface area contributed by atoms with E-state index in [-0.39, 0.29) is 0 Å². The van der Waals surface area contributed by atoms with Crippen LogP contribution in [0.4, 0.5) is 5.95 Å². The number of aryl methyl sites for hydroxylation is 1. The first-order valence-corrected chi connectivity index (χ1v) is 6.10. The van der Waals surface area contributed by atoms with E-state index in [1.54, 1.807) is 0 Å². The van der Waals surface area contributed by atoms with Crippen molar-refractivity contribution in [1.82, 2.24) is 9.55 Å². The van der Waals surface area contributed by atoms with Gasteiger partial charge in [-0.05, 0) is 18.9 Å². The average molecular weight is 229 g/mol. The second kappa shape index (κ2) is 5.53. The molecule has 0 saturated carbocycles. The van der Waals surface area contributed by atoms with Gasteiger partial charge in [0.05, 0.1) is 6.54 Å². The summed E-state index contributed by atoms with van der Waals surface area (Å²) in [6.45, 7) is 6.09. The van der Waals surface area contributed by atoms with Crippen molar-refractivity contribution in [1.29, 1.82) is 0 Å². The van der Waals surface area contributed by atoms with Crippen molar-refractivity contribution >= 4 is 5.95 Å². The van der Waals surface area contributed by atoms with Crippen LogP contribution in [0.15, 0.2) is 36.7 Å². The third kappa shape index (κ3) is 3.09. The lowest BCUT2D eigenvalue weighted by atomic mass is 10.1. The Labute approximate surface area is 103 Å². The first kappa shape index (κ1) is 11.7. The third-order valence-electron chi connectivity index (χ3n) is 2.72. The van der Waals surface area contributed by atoms with Crippen LogP contribution < -0.4 is 5.32 Å². The van der Waals surface area contributed by atoms with Gasteiger partial charge in [0.25, 0.3) is 0 Å². The van der Waals surface area contributed by atoms with Gasteiger partial charge in [-0.2, -0.15) is 0 Å². The van der Waals surface area contributed by atoms with E-state index in [1.165, 1.54) is 11.1 Å². The predicted octanol–water partition coefficient (Wildman–Crippen LogP) is 3.06. The van der Waals surface area contributed by atoms with E-state index in [0.717, 1.165) is 25.5 Å². The molecule has 2 aromatic rings. The van der Waals surface area contributed by atoms with Crippen LogP contribution in [0, 0.1) is 6.92 Å². The van der Waals surface area contributed by atoms with Crippen molar-refractivity contribution < 1.29 is 0 Å². The van der Waals surface area contributed by atoms with Crippen molar-refractivity contribution in [3.05, 3.63) is 47.8 Å². The second-order valence-corrected chi connectivity index (χ2v) is 4.29. The standard InChI is InChI=1S/C14H19N3/c1-3-8-15-14-16-9-10-17(14)11-13-6-4-12(2)5-7-13/h4-7,9-10H,3,8,11H2,1-2H3,(H,15,16). The molecule has 1 aromatic heterocycles. The number of imidazole rings is 1. The highest BCUT2D eigenvalue weighted by Gasteiger charge is 2.02. The average Bonchev–Trinajstić information content (AvgIpc) is 2.77. The summed E-state index contributed by atoms with van der Waals surface area (Å²) >= 11 is 0. The molecule has 0 aliphatic rings. The molecule has 3 heteroatoms. The Morgan fingerprint density at radius 3 is 2.71 bits per heavy atom. The number of hydrogen-bond acceptors (Lipinski definition) is 2. The van der Waals surface area contributed by atoms with Crippen LogP contribution in [-0.4, -0.2) is 16.1 Å². The maximum Gasteiger partial charge on any atom is 0.203 e. The molecule has 0 radical (unpaired) electrons. The minimum Gasteiger partial charge on any atom is -0.356 e. The van der Waals surface area contributed by atoms with Gasteiger partial charge in [0.2, 0.25) is 5.95 Å². The van der Waals surface area contributed by atoms with Crippen molar-refractivity contribution in [2.24, 2.45) is 0 Å². The van der Waals surface area contributed by atoms with Gasteiger partial charge in [0, 0.05) is 18.9 Å². The molecule has 0 saturated heterocycles. The van der Waals surface area contributed by atoms with Crippen molar-refractivity contribution in [3.63, 3.8) is 0 Å². The van der Waals surface area contributed by atoms with Crippen molar-refractivity contribution in [2.45, 2.75) is 26.8 Å². The van der Waals surface area contributed by atoms with E-state index < -0.39 is 0 Å². The Morgan fingerprint density at radius 1 is 1.24 bits per heavy atom. The molecule has 1 N–H and O–H groups in total. The smallest absolute Gasteiger partial charge is 0.203 e. The highest BCUT2D eigenvalue weighted by molar-refractivity contribution is 5.28. The molecule has 0 unspecified atom stereocenters. The topological polar surface area (TPSA) is 29.9 Å². The lowest BCUT2D eigenvalue weighted by molar-refractivity contribution is 0.792. The molecule has 0 amide bonds. The number of anilines is 1. The van der Waals surface area contributed by atoms with Gasteiger partial charge >= 0.3 is 0 Å². The summed E-state index contributed by atoms with van der Waals surface area (Å²) in [5.74, 6) is 0.951. The zero-order valence-electron chi connectivity index (χ0n) is 10.5. The number of aromatic nitrogens is 2. The van der Waals surface area contributed by atoms with Gasteiger partial charge in [-0.25, -0.2) is 4.98 Å². The van der Waals surface area contributed by atoms with Gasteiger partial charge in [-0.1, -0.05) is 36.8 Å². The van der Waals surface area contributed by atoms with E-state index in [1.807, 2.05) is 12.4 Å². The molecular formula is C14H19N3.